The number of benzene rings is 1. The van der Waals surface area contributed by atoms with Gasteiger partial charge in [0.05, 0.1) is 20.3 Å². The van der Waals surface area contributed by atoms with Gasteiger partial charge in [-0.25, -0.2) is 4.98 Å². The van der Waals surface area contributed by atoms with Crippen LogP contribution in [0.15, 0.2) is 24.3 Å². The van der Waals surface area contributed by atoms with Crippen LogP contribution in [0.5, 0.6) is 5.75 Å². The third-order valence-electron chi connectivity index (χ3n) is 2.99. The third kappa shape index (κ3) is 4.03. The van der Waals surface area contributed by atoms with E-state index >= 15 is 0 Å². The molecule has 1 atom stereocenters. The molecule has 0 radical (unpaired) electrons. The minimum absolute atomic E-state index is 0.166. The van der Waals surface area contributed by atoms with Crippen LogP contribution in [-0.2, 0) is 16.1 Å². The second-order valence-electron chi connectivity index (χ2n) is 4.61. The number of hydrogen-bond acceptors (Lipinski definition) is 6. The molecule has 0 bridgehead atoms. The third-order valence-corrected chi connectivity index (χ3v) is 2.99. The van der Waals surface area contributed by atoms with Gasteiger partial charge in [0.25, 0.3) is 0 Å². The molecule has 8 heteroatoms. The molecule has 0 aliphatic carbocycles. The highest BCUT2D eigenvalue weighted by molar-refractivity contribution is 5.81. The smallest absolute Gasteiger partial charge is 0.239 e. The van der Waals surface area contributed by atoms with Gasteiger partial charge in [0.2, 0.25) is 5.91 Å². The van der Waals surface area contributed by atoms with Crippen molar-refractivity contribution < 1.29 is 14.3 Å². The molecule has 1 amide bonds. The minimum Gasteiger partial charge on any atom is -0.497 e. The number of nitrogens with zero attached hydrogens (tertiary/aromatic N) is 2. The molecule has 0 saturated heterocycles. The number of rotatable bonds is 7. The van der Waals surface area contributed by atoms with E-state index in [2.05, 4.69) is 20.5 Å². The number of amides is 1. The van der Waals surface area contributed by atoms with Crippen LogP contribution in [0.4, 0.5) is 0 Å². The van der Waals surface area contributed by atoms with Crippen molar-refractivity contribution in [2.45, 2.75) is 12.6 Å². The number of carbonyl (C=O) groups excluding carboxylic acids is 1. The van der Waals surface area contributed by atoms with E-state index in [0.29, 0.717) is 11.6 Å². The SMILES string of the molecule is COCC(N)C(=O)NCc1nc(-c2ccc(OC)cc2)n[nH]1. The van der Waals surface area contributed by atoms with Gasteiger partial charge in [0.15, 0.2) is 5.82 Å². The van der Waals surface area contributed by atoms with Gasteiger partial charge in [-0.15, -0.1) is 0 Å². The maximum absolute atomic E-state index is 11.7. The Balaban J connectivity index is 1.95. The number of hydrogen-bond donors (Lipinski definition) is 3. The summed E-state index contributed by atoms with van der Waals surface area (Å²) in [6.45, 7) is 0.388. The number of carbonyl (C=O) groups is 1. The van der Waals surface area contributed by atoms with Crippen molar-refractivity contribution in [2.24, 2.45) is 5.73 Å². The molecule has 0 aliphatic heterocycles. The first-order valence-electron chi connectivity index (χ1n) is 6.72. The quantitative estimate of drug-likeness (QED) is 0.667. The molecule has 118 valence electrons. The predicted molar refractivity (Wildman–Crippen MR) is 80.1 cm³/mol. The van der Waals surface area contributed by atoms with Crippen LogP contribution in [0.2, 0.25) is 0 Å². The zero-order chi connectivity index (χ0) is 15.9. The van der Waals surface area contributed by atoms with E-state index < -0.39 is 6.04 Å². The monoisotopic (exact) mass is 305 g/mol. The molecule has 1 heterocycles. The summed E-state index contributed by atoms with van der Waals surface area (Å²) < 4.78 is 9.92. The van der Waals surface area contributed by atoms with E-state index in [9.17, 15) is 4.79 Å². The lowest BCUT2D eigenvalue weighted by Crippen LogP contribution is -2.43. The largest absolute Gasteiger partial charge is 0.497 e. The maximum Gasteiger partial charge on any atom is 0.239 e. The number of nitrogens with two attached hydrogens (primary N) is 1. The molecule has 0 saturated carbocycles. The molecule has 4 N–H and O–H groups in total. The summed E-state index contributed by atoms with van der Waals surface area (Å²) in [5, 5.41) is 9.57. The molecule has 2 rings (SSSR count). The van der Waals surface area contributed by atoms with Crippen molar-refractivity contribution in [3.8, 4) is 17.1 Å². The lowest BCUT2D eigenvalue weighted by Gasteiger charge is -2.09. The number of H-pyrrole nitrogens is 1. The Morgan fingerprint density at radius 1 is 1.36 bits per heavy atom. The second kappa shape index (κ2) is 7.53. The fourth-order valence-electron chi connectivity index (χ4n) is 1.80. The topological polar surface area (TPSA) is 115 Å². The van der Waals surface area contributed by atoms with Gasteiger partial charge < -0.3 is 20.5 Å². The van der Waals surface area contributed by atoms with Crippen molar-refractivity contribution in [3.63, 3.8) is 0 Å². The number of ether oxygens (including phenoxy) is 2. The average Bonchev–Trinajstić information content (AvgIpc) is 3.02. The average molecular weight is 305 g/mol. The van der Waals surface area contributed by atoms with Crippen LogP contribution in [0, 0.1) is 0 Å². The zero-order valence-electron chi connectivity index (χ0n) is 12.5. The van der Waals surface area contributed by atoms with Crippen molar-refractivity contribution in [2.75, 3.05) is 20.8 Å². The Bertz CT molecular complexity index is 611. The highest BCUT2D eigenvalue weighted by Gasteiger charge is 2.13. The van der Waals surface area contributed by atoms with E-state index in [-0.39, 0.29) is 19.1 Å². The van der Waals surface area contributed by atoms with E-state index in [4.69, 9.17) is 15.2 Å². The van der Waals surface area contributed by atoms with Gasteiger partial charge in [0, 0.05) is 12.7 Å². The van der Waals surface area contributed by atoms with Crippen LogP contribution in [-0.4, -0.2) is 48.0 Å². The Morgan fingerprint density at radius 3 is 2.73 bits per heavy atom. The van der Waals surface area contributed by atoms with Gasteiger partial charge in [-0.1, -0.05) is 0 Å². The Morgan fingerprint density at radius 2 is 2.09 bits per heavy atom. The van der Waals surface area contributed by atoms with E-state index in [1.165, 1.54) is 7.11 Å². The molecule has 22 heavy (non-hydrogen) atoms. The van der Waals surface area contributed by atoms with Gasteiger partial charge >= 0.3 is 0 Å². The van der Waals surface area contributed by atoms with Gasteiger partial charge in [-0.3, -0.25) is 9.89 Å². The molecule has 1 unspecified atom stereocenters. The Hall–Kier alpha value is -2.45. The fourth-order valence-corrected chi connectivity index (χ4v) is 1.80. The van der Waals surface area contributed by atoms with Gasteiger partial charge in [0.1, 0.15) is 17.6 Å². The predicted octanol–water partition coefficient (Wildman–Crippen LogP) is 0.0702. The van der Waals surface area contributed by atoms with E-state index in [1.807, 2.05) is 24.3 Å². The summed E-state index contributed by atoms with van der Waals surface area (Å²) in [6.07, 6.45) is 0. The first-order valence-corrected chi connectivity index (χ1v) is 6.72. The van der Waals surface area contributed by atoms with Crippen LogP contribution in [0.25, 0.3) is 11.4 Å². The Kier molecular flexibility index (Phi) is 5.45. The van der Waals surface area contributed by atoms with Crippen LogP contribution < -0.4 is 15.8 Å². The van der Waals surface area contributed by atoms with Crippen molar-refractivity contribution in [1.29, 1.82) is 0 Å². The van der Waals surface area contributed by atoms with Crippen LogP contribution >= 0.6 is 0 Å². The molecular formula is C14H19N5O3. The lowest BCUT2D eigenvalue weighted by atomic mass is 10.2. The van der Waals surface area contributed by atoms with Crippen LogP contribution in [0.3, 0.4) is 0 Å². The maximum atomic E-state index is 11.7. The standard InChI is InChI=1S/C14H19N5O3/c1-21-8-11(15)14(20)16-7-12-17-13(19-18-12)9-3-5-10(22-2)6-4-9/h3-6,11H,7-8,15H2,1-2H3,(H,16,20)(H,17,18,19). The highest BCUT2D eigenvalue weighted by Crippen LogP contribution is 2.18. The molecule has 0 aliphatic rings. The number of nitrogens with one attached hydrogen (secondary N) is 2. The van der Waals surface area contributed by atoms with Crippen LogP contribution in [0.1, 0.15) is 5.82 Å². The van der Waals surface area contributed by atoms with Gasteiger partial charge in [-0.05, 0) is 24.3 Å². The summed E-state index contributed by atoms with van der Waals surface area (Å²) in [5.74, 6) is 1.56. The zero-order valence-corrected chi connectivity index (χ0v) is 12.5. The van der Waals surface area contributed by atoms with E-state index in [0.717, 1.165) is 11.3 Å². The minimum atomic E-state index is -0.700. The molecule has 1 aromatic heterocycles. The van der Waals surface area contributed by atoms with Crippen molar-refractivity contribution in [3.05, 3.63) is 30.1 Å². The summed E-state index contributed by atoms with van der Waals surface area (Å²) >= 11 is 0. The number of aromatic amines is 1. The summed E-state index contributed by atoms with van der Waals surface area (Å²) in [4.78, 5) is 16.0. The second-order valence-corrected chi connectivity index (χ2v) is 4.61. The first kappa shape index (κ1) is 15.9. The summed E-state index contributed by atoms with van der Waals surface area (Å²) in [6, 6.07) is 6.68. The molecule has 1 aromatic carbocycles. The molecule has 0 spiro atoms. The van der Waals surface area contributed by atoms with Crippen molar-refractivity contribution >= 4 is 5.91 Å². The summed E-state index contributed by atoms with van der Waals surface area (Å²) in [7, 11) is 3.10. The van der Waals surface area contributed by atoms with Crippen molar-refractivity contribution in [1.82, 2.24) is 20.5 Å². The molecular weight excluding hydrogens is 286 g/mol. The number of aromatic nitrogens is 3. The van der Waals surface area contributed by atoms with E-state index in [1.54, 1.807) is 7.11 Å². The molecule has 0 fully saturated rings. The lowest BCUT2D eigenvalue weighted by molar-refractivity contribution is -0.123. The molecule has 2 aromatic rings. The van der Waals surface area contributed by atoms with Gasteiger partial charge in [-0.2, -0.15) is 5.10 Å². The highest BCUT2D eigenvalue weighted by atomic mass is 16.5. The normalized spacial score (nSPS) is 12.0. The fraction of sp³-hybridized carbons (Fsp3) is 0.357. The first-order chi connectivity index (χ1) is 10.6. The Labute approximate surface area is 128 Å². The summed E-state index contributed by atoms with van der Waals surface area (Å²) in [5.41, 5.74) is 6.47. The molecule has 8 nitrogen and oxygen atoms in total. The number of methoxy groups -OCH3 is 2.